The predicted molar refractivity (Wildman–Crippen MR) is 107 cm³/mol. The Morgan fingerprint density at radius 3 is 1.77 bits per heavy atom. The van der Waals surface area contributed by atoms with Crippen LogP contribution in [0.1, 0.15) is 96.6 Å². The fourth-order valence-corrected chi connectivity index (χ4v) is 6.42. The molecular formula is C23H33BO2. The summed E-state index contributed by atoms with van der Waals surface area (Å²) in [5.41, 5.74) is 4.95. The molecule has 0 N–H and O–H groups in total. The Morgan fingerprint density at radius 1 is 0.731 bits per heavy atom. The van der Waals surface area contributed by atoms with Crippen molar-refractivity contribution in [1.29, 1.82) is 0 Å². The highest BCUT2D eigenvalue weighted by atomic mass is 16.7. The average molecular weight is 352 g/mol. The summed E-state index contributed by atoms with van der Waals surface area (Å²) in [5, 5.41) is 0. The third-order valence-corrected chi connectivity index (χ3v) is 8.51. The first-order valence-electron chi connectivity index (χ1n) is 10.8. The van der Waals surface area contributed by atoms with Crippen LogP contribution in [0.4, 0.5) is 0 Å². The highest BCUT2D eigenvalue weighted by molar-refractivity contribution is 6.62. The second kappa shape index (κ2) is 5.38. The SMILES string of the molecule is CC1(C)OB(c2ccc3c(c2)C2(CCCC2)CC32CCCC2)OC1(C)C. The summed E-state index contributed by atoms with van der Waals surface area (Å²) in [6.45, 7) is 8.58. The summed E-state index contributed by atoms with van der Waals surface area (Å²) in [6.07, 6.45) is 12.6. The summed E-state index contributed by atoms with van der Waals surface area (Å²) >= 11 is 0. The molecule has 1 saturated heterocycles. The average Bonchev–Trinajstić information content (AvgIpc) is 3.32. The molecule has 0 atom stereocenters. The lowest BCUT2D eigenvalue weighted by Gasteiger charge is -2.32. The van der Waals surface area contributed by atoms with Gasteiger partial charge in [0.1, 0.15) is 0 Å². The van der Waals surface area contributed by atoms with Gasteiger partial charge in [-0.1, -0.05) is 43.9 Å². The van der Waals surface area contributed by atoms with Crippen LogP contribution in [0.25, 0.3) is 0 Å². The molecule has 4 aliphatic rings. The molecule has 1 heterocycles. The first-order chi connectivity index (χ1) is 12.3. The van der Waals surface area contributed by atoms with Crippen LogP contribution in [0.5, 0.6) is 0 Å². The van der Waals surface area contributed by atoms with Crippen molar-refractivity contribution in [2.24, 2.45) is 0 Å². The molecule has 0 unspecified atom stereocenters. The van der Waals surface area contributed by atoms with E-state index in [4.69, 9.17) is 9.31 Å². The second-order valence-corrected chi connectivity index (χ2v) is 10.5. The number of hydrogen-bond donors (Lipinski definition) is 0. The first-order valence-corrected chi connectivity index (χ1v) is 10.8. The quantitative estimate of drug-likeness (QED) is 0.661. The molecule has 1 aromatic rings. The van der Waals surface area contributed by atoms with E-state index in [2.05, 4.69) is 45.9 Å². The first kappa shape index (κ1) is 17.3. The molecule has 5 rings (SSSR count). The van der Waals surface area contributed by atoms with Crippen molar-refractivity contribution >= 4 is 12.6 Å². The van der Waals surface area contributed by atoms with E-state index >= 15 is 0 Å². The van der Waals surface area contributed by atoms with Crippen molar-refractivity contribution in [3.05, 3.63) is 29.3 Å². The van der Waals surface area contributed by atoms with Crippen molar-refractivity contribution in [3.8, 4) is 0 Å². The molecule has 3 aliphatic carbocycles. The van der Waals surface area contributed by atoms with Gasteiger partial charge in [-0.25, -0.2) is 0 Å². The lowest BCUT2D eigenvalue weighted by atomic mass is 9.73. The zero-order valence-corrected chi connectivity index (χ0v) is 17.0. The Balaban J connectivity index is 1.56. The molecule has 2 nitrogen and oxygen atoms in total. The fraction of sp³-hybridized carbons (Fsp3) is 0.739. The van der Waals surface area contributed by atoms with E-state index in [1.54, 1.807) is 11.1 Å². The van der Waals surface area contributed by atoms with Gasteiger partial charge in [-0.05, 0) is 87.2 Å². The van der Waals surface area contributed by atoms with Gasteiger partial charge >= 0.3 is 7.12 Å². The van der Waals surface area contributed by atoms with E-state index < -0.39 is 0 Å². The molecular weight excluding hydrogens is 319 g/mol. The molecule has 0 aromatic heterocycles. The van der Waals surface area contributed by atoms with Crippen molar-refractivity contribution in [3.63, 3.8) is 0 Å². The molecule has 3 fully saturated rings. The minimum absolute atomic E-state index is 0.233. The summed E-state index contributed by atoms with van der Waals surface area (Å²) in [6, 6.07) is 7.24. The number of rotatable bonds is 1. The molecule has 0 bridgehead atoms. The summed E-state index contributed by atoms with van der Waals surface area (Å²) in [5.74, 6) is 0. The molecule has 1 aliphatic heterocycles. The molecule has 140 valence electrons. The Hall–Kier alpha value is -0.795. The van der Waals surface area contributed by atoms with Crippen LogP contribution in [0.3, 0.4) is 0 Å². The van der Waals surface area contributed by atoms with Crippen molar-refractivity contribution in [1.82, 2.24) is 0 Å². The van der Waals surface area contributed by atoms with Crippen molar-refractivity contribution in [2.45, 2.75) is 108 Å². The van der Waals surface area contributed by atoms with E-state index in [1.165, 1.54) is 63.3 Å². The van der Waals surface area contributed by atoms with Crippen LogP contribution < -0.4 is 5.46 Å². The zero-order valence-electron chi connectivity index (χ0n) is 17.0. The summed E-state index contributed by atoms with van der Waals surface area (Å²) < 4.78 is 12.7. The maximum atomic E-state index is 6.36. The van der Waals surface area contributed by atoms with Gasteiger partial charge in [0.05, 0.1) is 11.2 Å². The Morgan fingerprint density at radius 2 is 1.23 bits per heavy atom. The smallest absolute Gasteiger partial charge is 0.399 e. The van der Waals surface area contributed by atoms with Gasteiger partial charge in [-0.15, -0.1) is 0 Å². The summed E-state index contributed by atoms with van der Waals surface area (Å²) in [4.78, 5) is 0. The van der Waals surface area contributed by atoms with E-state index in [9.17, 15) is 0 Å². The van der Waals surface area contributed by atoms with Gasteiger partial charge in [0.2, 0.25) is 0 Å². The Labute approximate surface area is 159 Å². The predicted octanol–water partition coefficient (Wildman–Crippen LogP) is 5.01. The minimum atomic E-state index is -0.269. The highest BCUT2D eigenvalue weighted by Crippen LogP contribution is 2.61. The normalized spacial score (nSPS) is 29.8. The van der Waals surface area contributed by atoms with Gasteiger partial charge in [-0.2, -0.15) is 0 Å². The van der Waals surface area contributed by atoms with Gasteiger partial charge < -0.3 is 9.31 Å². The van der Waals surface area contributed by atoms with Crippen molar-refractivity contribution in [2.75, 3.05) is 0 Å². The summed E-state index contributed by atoms with van der Waals surface area (Å²) in [7, 11) is -0.233. The van der Waals surface area contributed by atoms with Gasteiger partial charge in [-0.3, -0.25) is 0 Å². The second-order valence-electron chi connectivity index (χ2n) is 10.5. The lowest BCUT2D eigenvalue weighted by molar-refractivity contribution is 0.00578. The molecule has 2 saturated carbocycles. The monoisotopic (exact) mass is 352 g/mol. The largest absolute Gasteiger partial charge is 0.494 e. The third-order valence-electron chi connectivity index (χ3n) is 8.51. The standard InChI is InChI=1S/C23H33BO2/c1-20(2)21(3,4)26-24(25-20)17-9-10-18-19(15-17)23(13-7-8-14-23)16-22(18)11-5-6-12-22/h9-10,15H,5-8,11-14,16H2,1-4H3. The molecule has 0 radical (unpaired) electrons. The molecule has 3 heteroatoms. The Bertz CT molecular complexity index is 708. The number of hydrogen-bond acceptors (Lipinski definition) is 2. The Kier molecular flexibility index (Phi) is 3.58. The maximum absolute atomic E-state index is 6.36. The zero-order chi connectivity index (χ0) is 18.2. The van der Waals surface area contributed by atoms with E-state index in [0.717, 1.165) is 0 Å². The van der Waals surface area contributed by atoms with Crippen LogP contribution in [0.15, 0.2) is 18.2 Å². The highest BCUT2D eigenvalue weighted by Gasteiger charge is 2.55. The maximum Gasteiger partial charge on any atom is 0.494 e. The van der Waals surface area contributed by atoms with E-state index in [-0.39, 0.29) is 18.3 Å². The van der Waals surface area contributed by atoms with Crippen LogP contribution in [-0.4, -0.2) is 18.3 Å². The third kappa shape index (κ3) is 2.26. The molecule has 2 spiro atoms. The number of benzene rings is 1. The van der Waals surface area contributed by atoms with Crippen molar-refractivity contribution < 1.29 is 9.31 Å². The fourth-order valence-electron chi connectivity index (χ4n) is 6.42. The van der Waals surface area contributed by atoms with Gasteiger partial charge in [0, 0.05) is 0 Å². The molecule has 26 heavy (non-hydrogen) atoms. The lowest BCUT2D eigenvalue weighted by Crippen LogP contribution is -2.41. The van der Waals surface area contributed by atoms with E-state index in [0.29, 0.717) is 10.8 Å². The van der Waals surface area contributed by atoms with Crippen LogP contribution in [0.2, 0.25) is 0 Å². The van der Waals surface area contributed by atoms with Gasteiger partial charge in [0.15, 0.2) is 0 Å². The molecule has 0 amide bonds. The van der Waals surface area contributed by atoms with Crippen LogP contribution in [0, 0.1) is 0 Å². The van der Waals surface area contributed by atoms with Crippen LogP contribution in [-0.2, 0) is 20.1 Å². The van der Waals surface area contributed by atoms with E-state index in [1.807, 2.05) is 0 Å². The van der Waals surface area contributed by atoms with Gasteiger partial charge in [0.25, 0.3) is 0 Å². The number of fused-ring (bicyclic) bond motifs is 3. The van der Waals surface area contributed by atoms with Crippen LogP contribution >= 0.6 is 0 Å². The minimum Gasteiger partial charge on any atom is -0.399 e. The topological polar surface area (TPSA) is 18.5 Å². The molecule has 1 aromatic carbocycles.